The minimum Gasteiger partial charge on any atom is -0.494 e. The summed E-state index contributed by atoms with van der Waals surface area (Å²) in [6.45, 7) is 0. The Balaban J connectivity index is 1.69. The number of rotatable bonds is 4. The van der Waals surface area contributed by atoms with Crippen LogP contribution in [0.25, 0.3) is 0 Å². The second kappa shape index (κ2) is 4.54. The van der Waals surface area contributed by atoms with Gasteiger partial charge in [-0.2, -0.15) is 0 Å². The molecule has 0 heterocycles. The van der Waals surface area contributed by atoms with Crippen molar-refractivity contribution in [3.8, 4) is 5.75 Å². The van der Waals surface area contributed by atoms with Crippen LogP contribution in [0.3, 0.4) is 0 Å². The summed E-state index contributed by atoms with van der Waals surface area (Å²) in [5.74, 6) is 2.35. The highest BCUT2D eigenvalue weighted by Crippen LogP contribution is 2.58. The molecule has 98 valence electrons. The van der Waals surface area contributed by atoms with Gasteiger partial charge in [0, 0.05) is 6.04 Å². The summed E-state index contributed by atoms with van der Waals surface area (Å²) < 4.78 is 19.0. The van der Waals surface area contributed by atoms with Gasteiger partial charge in [-0.1, -0.05) is 18.6 Å². The van der Waals surface area contributed by atoms with Crippen LogP contribution in [0.4, 0.5) is 4.39 Å². The molecule has 3 unspecified atom stereocenters. The summed E-state index contributed by atoms with van der Waals surface area (Å²) >= 11 is 0. The SMILES string of the molecule is COc1cccc(CC(N)C2C3CCCC32)c1F. The van der Waals surface area contributed by atoms with Gasteiger partial charge in [-0.25, -0.2) is 4.39 Å². The van der Waals surface area contributed by atoms with Crippen molar-refractivity contribution in [3.63, 3.8) is 0 Å². The van der Waals surface area contributed by atoms with Gasteiger partial charge < -0.3 is 10.5 Å². The first-order chi connectivity index (χ1) is 8.72. The highest BCUT2D eigenvalue weighted by atomic mass is 19.1. The van der Waals surface area contributed by atoms with Crippen molar-refractivity contribution >= 4 is 0 Å². The number of ether oxygens (including phenoxy) is 1. The fraction of sp³-hybridized carbons (Fsp3) is 0.600. The number of hydrogen-bond acceptors (Lipinski definition) is 2. The summed E-state index contributed by atoms with van der Waals surface area (Å²) in [6.07, 6.45) is 4.63. The number of benzene rings is 1. The number of methoxy groups -OCH3 is 1. The Morgan fingerprint density at radius 2 is 2.11 bits per heavy atom. The number of fused-ring (bicyclic) bond motifs is 1. The molecule has 2 fully saturated rings. The first kappa shape index (κ1) is 12.0. The number of halogens is 1. The van der Waals surface area contributed by atoms with Crippen LogP contribution in [0.5, 0.6) is 5.75 Å². The lowest BCUT2D eigenvalue weighted by molar-refractivity contribution is 0.382. The summed E-state index contributed by atoms with van der Waals surface area (Å²) in [7, 11) is 1.49. The molecule has 0 radical (unpaired) electrons. The van der Waals surface area contributed by atoms with Crippen molar-refractivity contribution in [2.75, 3.05) is 7.11 Å². The zero-order valence-corrected chi connectivity index (χ0v) is 10.7. The molecule has 3 heteroatoms. The molecule has 0 aromatic heterocycles. The van der Waals surface area contributed by atoms with Crippen molar-refractivity contribution in [2.45, 2.75) is 31.7 Å². The van der Waals surface area contributed by atoms with Gasteiger partial charge in [-0.05, 0) is 48.6 Å². The van der Waals surface area contributed by atoms with E-state index in [4.69, 9.17) is 10.5 Å². The summed E-state index contributed by atoms with van der Waals surface area (Å²) in [5.41, 5.74) is 6.94. The van der Waals surface area contributed by atoms with Crippen molar-refractivity contribution in [1.29, 1.82) is 0 Å². The molecule has 0 saturated heterocycles. The van der Waals surface area contributed by atoms with Gasteiger partial charge in [0.1, 0.15) is 0 Å². The zero-order chi connectivity index (χ0) is 12.7. The quantitative estimate of drug-likeness (QED) is 0.890. The largest absolute Gasteiger partial charge is 0.494 e. The van der Waals surface area contributed by atoms with Crippen LogP contribution in [0.15, 0.2) is 18.2 Å². The number of nitrogens with two attached hydrogens (primary N) is 1. The van der Waals surface area contributed by atoms with Crippen LogP contribution >= 0.6 is 0 Å². The lowest BCUT2D eigenvalue weighted by atomic mass is 9.97. The molecule has 1 aromatic rings. The van der Waals surface area contributed by atoms with Crippen molar-refractivity contribution in [2.24, 2.45) is 23.5 Å². The molecule has 2 nitrogen and oxygen atoms in total. The Bertz CT molecular complexity index is 438. The molecule has 3 atom stereocenters. The fourth-order valence-electron chi connectivity index (χ4n) is 3.77. The Hall–Kier alpha value is -1.09. The molecule has 2 aliphatic carbocycles. The fourth-order valence-corrected chi connectivity index (χ4v) is 3.77. The molecule has 0 amide bonds. The van der Waals surface area contributed by atoms with Crippen molar-refractivity contribution < 1.29 is 9.13 Å². The van der Waals surface area contributed by atoms with E-state index in [-0.39, 0.29) is 11.9 Å². The highest BCUT2D eigenvalue weighted by Gasteiger charge is 2.54. The maximum Gasteiger partial charge on any atom is 0.168 e. The molecular weight excluding hydrogens is 229 g/mol. The average Bonchev–Trinajstić information content (AvgIpc) is 2.86. The monoisotopic (exact) mass is 249 g/mol. The second-order valence-electron chi connectivity index (χ2n) is 5.64. The van der Waals surface area contributed by atoms with E-state index in [2.05, 4.69) is 0 Å². The van der Waals surface area contributed by atoms with E-state index >= 15 is 0 Å². The van der Waals surface area contributed by atoms with E-state index in [1.165, 1.54) is 26.4 Å². The van der Waals surface area contributed by atoms with E-state index < -0.39 is 0 Å². The lowest BCUT2D eigenvalue weighted by Crippen LogP contribution is -2.28. The van der Waals surface area contributed by atoms with E-state index in [9.17, 15) is 4.39 Å². The molecule has 0 aliphatic heterocycles. The molecule has 2 saturated carbocycles. The molecule has 0 spiro atoms. The summed E-state index contributed by atoms with van der Waals surface area (Å²) in [4.78, 5) is 0. The maximum absolute atomic E-state index is 14.0. The van der Waals surface area contributed by atoms with Crippen molar-refractivity contribution in [1.82, 2.24) is 0 Å². The van der Waals surface area contributed by atoms with Crippen LogP contribution in [-0.2, 0) is 6.42 Å². The van der Waals surface area contributed by atoms with Gasteiger partial charge in [0.25, 0.3) is 0 Å². The Kier molecular flexibility index (Phi) is 3.02. The van der Waals surface area contributed by atoms with Gasteiger partial charge in [0.2, 0.25) is 0 Å². The van der Waals surface area contributed by atoms with Crippen LogP contribution < -0.4 is 10.5 Å². The number of hydrogen-bond donors (Lipinski definition) is 1. The molecular formula is C15H20FNO. The van der Waals surface area contributed by atoms with Crippen LogP contribution in [0.2, 0.25) is 0 Å². The third-order valence-electron chi connectivity index (χ3n) is 4.69. The lowest BCUT2D eigenvalue weighted by Gasteiger charge is -2.15. The molecule has 0 bridgehead atoms. The minimum absolute atomic E-state index is 0.0990. The summed E-state index contributed by atoms with van der Waals surface area (Å²) in [5, 5.41) is 0. The molecule has 18 heavy (non-hydrogen) atoms. The minimum atomic E-state index is -0.249. The Labute approximate surface area is 107 Å². The average molecular weight is 249 g/mol. The molecule has 1 aromatic carbocycles. The van der Waals surface area contributed by atoms with E-state index in [1.807, 2.05) is 12.1 Å². The predicted molar refractivity (Wildman–Crippen MR) is 69.0 cm³/mol. The molecule has 2 aliphatic rings. The van der Waals surface area contributed by atoms with Gasteiger partial charge in [0.05, 0.1) is 7.11 Å². The van der Waals surface area contributed by atoms with E-state index in [0.29, 0.717) is 23.7 Å². The van der Waals surface area contributed by atoms with E-state index in [0.717, 1.165) is 11.8 Å². The topological polar surface area (TPSA) is 35.2 Å². The normalized spacial score (nSPS) is 30.9. The van der Waals surface area contributed by atoms with Crippen LogP contribution in [0, 0.1) is 23.6 Å². The smallest absolute Gasteiger partial charge is 0.168 e. The maximum atomic E-state index is 14.0. The predicted octanol–water partition coefficient (Wildman–Crippen LogP) is 2.75. The Morgan fingerprint density at radius 1 is 1.39 bits per heavy atom. The van der Waals surface area contributed by atoms with Crippen molar-refractivity contribution in [3.05, 3.63) is 29.6 Å². The van der Waals surface area contributed by atoms with E-state index in [1.54, 1.807) is 6.07 Å². The first-order valence-corrected chi connectivity index (χ1v) is 6.79. The summed E-state index contributed by atoms with van der Waals surface area (Å²) in [6, 6.07) is 5.39. The van der Waals surface area contributed by atoms with Crippen LogP contribution in [0.1, 0.15) is 24.8 Å². The zero-order valence-electron chi connectivity index (χ0n) is 10.7. The first-order valence-electron chi connectivity index (χ1n) is 6.79. The Morgan fingerprint density at radius 3 is 2.78 bits per heavy atom. The highest BCUT2D eigenvalue weighted by molar-refractivity contribution is 5.32. The third kappa shape index (κ3) is 1.91. The third-order valence-corrected chi connectivity index (χ3v) is 4.69. The van der Waals surface area contributed by atoms with Gasteiger partial charge in [0.15, 0.2) is 11.6 Å². The standard InChI is InChI=1S/C15H20FNO/c1-18-13-7-2-4-9(15(13)16)8-12(17)14-10-5-3-6-11(10)14/h2,4,7,10-12,14H,3,5-6,8,17H2,1H3. The second-order valence-corrected chi connectivity index (χ2v) is 5.64. The molecule has 2 N–H and O–H groups in total. The van der Waals surface area contributed by atoms with Gasteiger partial charge in [-0.15, -0.1) is 0 Å². The van der Waals surface area contributed by atoms with Crippen LogP contribution in [-0.4, -0.2) is 13.2 Å². The van der Waals surface area contributed by atoms with Gasteiger partial charge >= 0.3 is 0 Å². The van der Waals surface area contributed by atoms with Gasteiger partial charge in [-0.3, -0.25) is 0 Å². The molecule has 3 rings (SSSR count).